The molecule has 0 spiro atoms. The van der Waals surface area contributed by atoms with Crippen molar-refractivity contribution < 1.29 is 9.53 Å². The first-order chi connectivity index (χ1) is 8.45. The maximum absolute atomic E-state index is 12.0. The van der Waals surface area contributed by atoms with Gasteiger partial charge in [-0.3, -0.25) is 4.79 Å². The van der Waals surface area contributed by atoms with Gasteiger partial charge in [-0.05, 0) is 32.6 Å². The SMILES string of the molecule is CCN(C)C(=O)C(C)NC1CCOC(C(C)C)C1. The van der Waals surface area contributed by atoms with E-state index in [2.05, 4.69) is 19.2 Å². The van der Waals surface area contributed by atoms with Crippen LogP contribution in [0.25, 0.3) is 0 Å². The Bertz CT molecular complexity index is 269. The molecule has 4 nitrogen and oxygen atoms in total. The van der Waals surface area contributed by atoms with E-state index >= 15 is 0 Å². The lowest BCUT2D eigenvalue weighted by molar-refractivity contribution is -0.132. The monoisotopic (exact) mass is 256 g/mol. The molecule has 0 aliphatic carbocycles. The van der Waals surface area contributed by atoms with Crippen molar-refractivity contribution in [2.24, 2.45) is 5.92 Å². The van der Waals surface area contributed by atoms with Crippen LogP contribution >= 0.6 is 0 Å². The molecule has 0 bridgehead atoms. The van der Waals surface area contributed by atoms with Crippen molar-refractivity contribution in [3.63, 3.8) is 0 Å². The summed E-state index contributed by atoms with van der Waals surface area (Å²) in [6, 6.07) is 0.293. The number of ether oxygens (including phenoxy) is 1. The van der Waals surface area contributed by atoms with Gasteiger partial charge in [0.15, 0.2) is 0 Å². The summed E-state index contributed by atoms with van der Waals surface area (Å²) in [7, 11) is 1.85. The molecule has 1 aliphatic heterocycles. The van der Waals surface area contributed by atoms with Crippen LogP contribution < -0.4 is 5.32 Å². The number of nitrogens with one attached hydrogen (secondary N) is 1. The third-order valence-electron chi connectivity index (χ3n) is 3.77. The van der Waals surface area contributed by atoms with E-state index in [1.807, 2.05) is 20.9 Å². The lowest BCUT2D eigenvalue weighted by atomic mass is 9.95. The Labute approximate surface area is 111 Å². The molecule has 106 valence electrons. The fraction of sp³-hybridized carbons (Fsp3) is 0.929. The molecule has 3 unspecified atom stereocenters. The van der Waals surface area contributed by atoms with Crippen LogP contribution in [-0.2, 0) is 9.53 Å². The largest absolute Gasteiger partial charge is 0.378 e. The summed E-state index contributed by atoms with van der Waals surface area (Å²) < 4.78 is 5.74. The summed E-state index contributed by atoms with van der Waals surface area (Å²) in [5, 5.41) is 3.45. The van der Waals surface area contributed by atoms with Crippen LogP contribution in [-0.4, -0.2) is 49.2 Å². The summed E-state index contributed by atoms with van der Waals surface area (Å²) in [5.41, 5.74) is 0. The Morgan fingerprint density at radius 2 is 2.11 bits per heavy atom. The number of hydrogen-bond donors (Lipinski definition) is 1. The van der Waals surface area contributed by atoms with E-state index < -0.39 is 0 Å². The van der Waals surface area contributed by atoms with Gasteiger partial charge >= 0.3 is 0 Å². The topological polar surface area (TPSA) is 41.6 Å². The van der Waals surface area contributed by atoms with Crippen LogP contribution in [0.15, 0.2) is 0 Å². The van der Waals surface area contributed by atoms with Crippen molar-refractivity contribution in [2.75, 3.05) is 20.2 Å². The van der Waals surface area contributed by atoms with Crippen molar-refractivity contribution in [3.8, 4) is 0 Å². The van der Waals surface area contributed by atoms with Gasteiger partial charge in [-0.1, -0.05) is 13.8 Å². The van der Waals surface area contributed by atoms with Crippen LogP contribution in [0.2, 0.25) is 0 Å². The van der Waals surface area contributed by atoms with Crippen LogP contribution in [0.4, 0.5) is 0 Å². The maximum Gasteiger partial charge on any atom is 0.239 e. The number of hydrogen-bond acceptors (Lipinski definition) is 3. The van der Waals surface area contributed by atoms with Crippen molar-refractivity contribution in [3.05, 3.63) is 0 Å². The molecule has 0 saturated carbocycles. The molecule has 1 N–H and O–H groups in total. The first-order valence-electron chi connectivity index (χ1n) is 7.08. The number of carbonyl (C=O) groups is 1. The van der Waals surface area contributed by atoms with E-state index in [9.17, 15) is 4.79 Å². The lowest BCUT2D eigenvalue weighted by Gasteiger charge is -2.34. The normalized spacial score (nSPS) is 26.1. The second-order valence-electron chi connectivity index (χ2n) is 5.62. The summed E-state index contributed by atoms with van der Waals surface area (Å²) in [6.45, 7) is 9.87. The van der Waals surface area contributed by atoms with Crippen LogP contribution in [0, 0.1) is 5.92 Å². The highest BCUT2D eigenvalue weighted by Crippen LogP contribution is 2.20. The van der Waals surface area contributed by atoms with E-state index in [-0.39, 0.29) is 11.9 Å². The standard InChI is InChI=1S/C14H28N2O2/c1-6-16(5)14(17)11(4)15-12-7-8-18-13(9-12)10(2)3/h10-13,15H,6-9H2,1-5H3. The molecule has 1 aliphatic rings. The molecular formula is C14H28N2O2. The summed E-state index contributed by atoms with van der Waals surface area (Å²) >= 11 is 0. The summed E-state index contributed by atoms with van der Waals surface area (Å²) in [6.07, 6.45) is 2.32. The van der Waals surface area contributed by atoms with E-state index in [0.29, 0.717) is 18.1 Å². The van der Waals surface area contributed by atoms with Gasteiger partial charge in [0.2, 0.25) is 5.91 Å². The molecule has 1 amide bonds. The molecule has 3 atom stereocenters. The van der Waals surface area contributed by atoms with Gasteiger partial charge in [0.25, 0.3) is 0 Å². The molecule has 18 heavy (non-hydrogen) atoms. The predicted molar refractivity (Wildman–Crippen MR) is 73.5 cm³/mol. The van der Waals surface area contributed by atoms with Crippen LogP contribution in [0.5, 0.6) is 0 Å². The molecule has 0 aromatic heterocycles. The zero-order chi connectivity index (χ0) is 13.7. The zero-order valence-electron chi connectivity index (χ0n) is 12.4. The first-order valence-corrected chi connectivity index (χ1v) is 7.08. The van der Waals surface area contributed by atoms with Gasteiger partial charge in [-0.2, -0.15) is 0 Å². The highest BCUT2D eigenvalue weighted by molar-refractivity contribution is 5.81. The predicted octanol–water partition coefficient (Wildman–Crippen LogP) is 1.65. The minimum atomic E-state index is -0.106. The molecule has 1 saturated heterocycles. The maximum atomic E-state index is 12.0. The minimum Gasteiger partial charge on any atom is -0.378 e. The fourth-order valence-corrected chi connectivity index (χ4v) is 2.36. The molecule has 1 heterocycles. The molecule has 0 aromatic rings. The highest BCUT2D eigenvalue weighted by atomic mass is 16.5. The van der Waals surface area contributed by atoms with Gasteiger partial charge in [0, 0.05) is 26.2 Å². The Kier molecular flexibility index (Phi) is 6.09. The average Bonchev–Trinajstić information content (AvgIpc) is 2.37. The van der Waals surface area contributed by atoms with Crippen molar-refractivity contribution >= 4 is 5.91 Å². The number of amides is 1. The Morgan fingerprint density at radius 3 is 2.67 bits per heavy atom. The zero-order valence-corrected chi connectivity index (χ0v) is 12.4. The smallest absolute Gasteiger partial charge is 0.239 e. The molecule has 0 radical (unpaired) electrons. The number of likely N-dealkylation sites (N-methyl/N-ethyl adjacent to an activating group) is 1. The van der Waals surface area contributed by atoms with Gasteiger partial charge in [-0.25, -0.2) is 0 Å². The average molecular weight is 256 g/mol. The molecular weight excluding hydrogens is 228 g/mol. The Balaban J connectivity index is 2.44. The molecule has 1 fully saturated rings. The number of nitrogens with zero attached hydrogens (tertiary/aromatic N) is 1. The second kappa shape index (κ2) is 7.10. The van der Waals surface area contributed by atoms with Crippen molar-refractivity contribution in [2.45, 2.75) is 58.7 Å². The van der Waals surface area contributed by atoms with Gasteiger partial charge < -0.3 is 15.0 Å². The molecule has 4 heteroatoms. The lowest BCUT2D eigenvalue weighted by Crippen LogP contribution is -2.50. The summed E-state index contributed by atoms with van der Waals surface area (Å²) in [4.78, 5) is 13.8. The minimum absolute atomic E-state index is 0.106. The third kappa shape index (κ3) is 4.25. The highest BCUT2D eigenvalue weighted by Gasteiger charge is 2.27. The third-order valence-corrected chi connectivity index (χ3v) is 3.77. The van der Waals surface area contributed by atoms with E-state index in [0.717, 1.165) is 26.0 Å². The van der Waals surface area contributed by atoms with Gasteiger partial charge in [-0.15, -0.1) is 0 Å². The fourth-order valence-electron chi connectivity index (χ4n) is 2.36. The number of rotatable bonds is 5. The van der Waals surface area contributed by atoms with E-state index in [1.54, 1.807) is 4.90 Å². The summed E-state index contributed by atoms with van der Waals surface area (Å²) in [5.74, 6) is 0.712. The van der Waals surface area contributed by atoms with Gasteiger partial charge in [0.05, 0.1) is 12.1 Å². The molecule has 1 rings (SSSR count). The van der Waals surface area contributed by atoms with Crippen molar-refractivity contribution in [1.82, 2.24) is 10.2 Å². The Morgan fingerprint density at radius 1 is 1.44 bits per heavy atom. The van der Waals surface area contributed by atoms with Crippen LogP contribution in [0.1, 0.15) is 40.5 Å². The number of carbonyl (C=O) groups excluding carboxylic acids is 1. The van der Waals surface area contributed by atoms with E-state index in [4.69, 9.17) is 4.74 Å². The van der Waals surface area contributed by atoms with Crippen LogP contribution in [0.3, 0.4) is 0 Å². The molecule has 0 aromatic carbocycles. The first kappa shape index (κ1) is 15.4. The quantitative estimate of drug-likeness (QED) is 0.813. The van der Waals surface area contributed by atoms with Crippen molar-refractivity contribution in [1.29, 1.82) is 0 Å². The Hall–Kier alpha value is -0.610. The van der Waals surface area contributed by atoms with E-state index in [1.165, 1.54) is 0 Å². The van der Waals surface area contributed by atoms with Gasteiger partial charge in [0.1, 0.15) is 0 Å². The second-order valence-corrected chi connectivity index (χ2v) is 5.62.